The molecule has 0 bridgehead atoms. The first kappa shape index (κ1) is 26.2. The summed E-state index contributed by atoms with van der Waals surface area (Å²) in [6.07, 6.45) is 4.67. The van der Waals surface area contributed by atoms with Gasteiger partial charge in [-0.3, -0.25) is 9.52 Å². The average molecular weight is 572 g/mol. The van der Waals surface area contributed by atoms with Gasteiger partial charge >= 0.3 is 0 Å². The molecule has 2 aliphatic heterocycles. The van der Waals surface area contributed by atoms with Crippen LogP contribution in [0.3, 0.4) is 0 Å². The fourth-order valence-electron chi connectivity index (χ4n) is 5.47. The predicted octanol–water partition coefficient (Wildman–Crippen LogP) is 3.85. The third-order valence-corrected chi connectivity index (χ3v) is 10.3. The number of sulfonamides is 2. The molecule has 2 aromatic carbocycles. The summed E-state index contributed by atoms with van der Waals surface area (Å²) in [5.41, 5.74) is 0.507. The number of nitrogens with one attached hydrogen (secondary N) is 2. The van der Waals surface area contributed by atoms with E-state index in [1.165, 1.54) is 16.4 Å². The number of anilines is 2. The predicted molar refractivity (Wildman–Crippen MR) is 138 cm³/mol. The fraction of sp³-hybridized carbons (Fsp3) is 0.458. The number of ether oxygens (including phenoxy) is 1. The van der Waals surface area contributed by atoms with E-state index in [-0.39, 0.29) is 22.7 Å². The van der Waals surface area contributed by atoms with E-state index in [1.54, 1.807) is 6.07 Å². The number of piperidine rings is 1. The van der Waals surface area contributed by atoms with Crippen molar-refractivity contribution in [3.05, 3.63) is 46.7 Å². The molecule has 1 aliphatic carbocycles. The largest absolute Gasteiger partial charge is 0.488 e. The molecule has 2 aromatic rings. The van der Waals surface area contributed by atoms with Crippen LogP contribution in [0.1, 0.15) is 44.1 Å². The standard InChI is InChI=1S/C24H27ClFN3O6S2/c1-36(31,32)29-10-6-17(7-11-29)35-20-14-16(28-37(33,34)21-5-4-15(25)12-19(21)26)13-18-22(20)27-23(30)24(18)8-2-3-9-24/h4-5,12-14,17,28H,2-3,6-11H2,1H3,(H,27,30). The summed E-state index contributed by atoms with van der Waals surface area (Å²) >= 11 is 5.77. The quantitative estimate of drug-likeness (QED) is 0.543. The molecule has 3 aliphatic rings. The van der Waals surface area contributed by atoms with E-state index in [0.717, 1.165) is 31.2 Å². The van der Waals surface area contributed by atoms with Crippen LogP contribution in [0, 0.1) is 5.82 Å². The van der Waals surface area contributed by atoms with Crippen molar-refractivity contribution in [2.75, 3.05) is 29.4 Å². The summed E-state index contributed by atoms with van der Waals surface area (Å²) in [5, 5.41) is 3.01. The van der Waals surface area contributed by atoms with Gasteiger partial charge in [-0.25, -0.2) is 25.5 Å². The molecule has 1 saturated carbocycles. The van der Waals surface area contributed by atoms with Crippen molar-refractivity contribution in [1.82, 2.24) is 4.31 Å². The lowest BCUT2D eigenvalue weighted by Gasteiger charge is -2.31. The van der Waals surface area contributed by atoms with Crippen molar-refractivity contribution in [1.29, 1.82) is 0 Å². The van der Waals surface area contributed by atoms with Crippen LogP contribution >= 0.6 is 11.6 Å². The van der Waals surface area contributed by atoms with Crippen molar-refractivity contribution in [2.45, 2.75) is 54.9 Å². The van der Waals surface area contributed by atoms with Crippen molar-refractivity contribution in [2.24, 2.45) is 0 Å². The van der Waals surface area contributed by atoms with Crippen LogP contribution in [0.15, 0.2) is 35.2 Å². The second kappa shape index (κ2) is 9.40. The van der Waals surface area contributed by atoms with E-state index in [0.29, 0.717) is 55.8 Å². The third kappa shape index (κ3) is 4.91. The number of fused-ring (bicyclic) bond motifs is 2. The van der Waals surface area contributed by atoms with Crippen molar-refractivity contribution in [3.8, 4) is 5.75 Å². The maximum atomic E-state index is 14.4. The molecule has 0 atom stereocenters. The summed E-state index contributed by atoms with van der Waals surface area (Å²) in [6, 6.07) is 6.38. The first-order chi connectivity index (χ1) is 17.4. The van der Waals surface area contributed by atoms with Crippen LogP contribution in [0.25, 0.3) is 0 Å². The summed E-state index contributed by atoms with van der Waals surface area (Å²) in [4.78, 5) is 12.5. The van der Waals surface area contributed by atoms with Gasteiger partial charge in [-0.15, -0.1) is 0 Å². The summed E-state index contributed by atoms with van der Waals surface area (Å²) in [7, 11) is -7.63. The zero-order chi connectivity index (χ0) is 26.6. The lowest BCUT2D eigenvalue weighted by atomic mass is 9.80. The highest BCUT2D eigenvalue weighted by Crippen LogP contribution is 2.53. The molecule has 2 fully saturated rings. The number of benzene rings is 2. The van der Waals surface area contributed by atoms with Crippen LogP contribution in [0.2, 0.25) is 5.02 Å². The number of hydrogen-bond donors (Lipinski definition) is 2. The Kier molecular flexibility index (Phi) is 6.66. The summed E-state index contributed by atoms with van der Waals surface area (Å²) in [6.45, 7) is 0.592. The number of amides is 1. The van der Waals surface area contributed by atoms with Gasteiger partial charge in [-0.05, 0) is 55.5 Å². The second-order valence-electron chi connectivity index (χ2n) is 9.80. The molecule has 0 aromatic heterocycles. The van der Waals surface area contributed by atoms with Gasteiger partial charge in [-0.2, -0.15) is 0 Å². The van der Waals surface area contributed by atoms with Gasteiger partial charge in [0.15, 0.2) is 0 Å². The van der Waals surface area contributed by atoms with Gasteiger partial charge in [0.05, 0.1) is 23.0 Å². The molecule has 5 rings (SSSR count). The number of hydrogen-bond acceptors (Lipinski definition) is 6. The summed E-state index contributed by atoms with van der Waals surface area (Å²) < 4.78 is 74.3. The highest BCUT2D eigenvalue weighted by molar-refractivity contribution is 7.92. The zero-order valence-corrected chi connectivity index (χ0v) is 22.5. The minimum Gasteiger partial charge on any atom is -0.488 e. The number of nitrogens with zero attached hydrogens (tertiary/aromatic N) is 1. The summed E-state index contributed by atoms with van der Waals surface area (Å²) in [5.74, 6) is -0.846. The number of carbonyl (C=O) groups excluding carboxylic acids is 1. The molecule has 0 unspecified atom stereocenters. The average Bonchev–Trinajstić information content (AvgIpc) is 3.40. The number of rotatable bonds is 6. The Bertz CT molecular complexity index is 1470. The van der Waals surface area contributed by atoms with Crippen molar-refractivity contribution >= 4 is 48.9 Å². The maximum absolute atomic E-state index is 14.4. The maximum Gasteiger partial charge on any atom is 0.264 e. The minimum absolute atomic E-state index is 0.0688. The SMILES string of the molecule is CS(=O)(=O)N1CCC(Oc2cc(NS(=O)(=O)c3ccc(Cl)cc3F)cc3c2NC(=O)C32CCCC2)CC1. The zero-order valence-electron chi connectivity index (χ0n) is 20.1. The van der Waals surface area contributed by atoms with E-state index in [9.17, 15) is 26.0 Å². The van der Waals surface area contributed by atoms with E-state index in [4.69, 9.17) is 16.3 Å². The molecule has 2 N–H and O–H groups in total. The van der Waals surface area contributed by atoms with Gasteiger partial charge in [-0.1, -0.05) is 24.4 Å². The molecular weight excluding hydrogens is 545 g/mol. The van der Waals surface area contributed by atoms with E-state index in [1.807, 2.05) is 0 Å². The smallest absolute Gasteiger partial charge is 0.264 e. The molecule has 1 saturated heterocycles. The molecule has 0 radical (unpaired) electrons. The molecule has 9 nitrogen and oxygen atoms in total. The molecular formula is C24H27ClFN3O6S2. The normalized spacial score (nSPS) is 20.1. The first-order valence-corrected chi connectivity index (χ1v) is 15.7. The number of carbonyl (C=O) groups is 1. The lowest BCUT2D eigenvalue weighted by Crippen LogP contribution is -2.41. The van der Waals surface area contributed by atoms with Gasteiger partial charge in [0, 0.05) is 24.2 Å². The minimum atomic E-state index is -4.32. The first-order valence-electron chi connectivity index (χ1n) is 12.0. The highest BCUT2D eigenvalue weighted by Gasteiger charge is 2.50. The Morgan fingerprint density at radius 3 is 2.41 bits per heavy atom. The van der Waals surface area contributed by atoms with E-state index >= 15 is 0 Å². The van der Waals surface area contributed by atoms with Crippen LogP contribution in [0.5, 0.6) is 5.75 Å². The Morgan fingerprint density at radius 2 is 1.78 bits per heavy atom. The van der Waals surface area contributed by atoms with Gasteiger partial charge in [0.1, 0.15) is 22.6 Å². The Labute approximate surface area is 220 Å². The number of halogens is 2. The van der Waals surface area contributed by atoms with Crippen molar-refractivity contribution in [3.63, 3.8) is 0 Å². The van der Waals surface area contributed by atoms with Crippen molar-refractivity contribution < 1.29 is 30.8 Å². The monoisotopic (exact) mass is 571 g/mol. The highest BCUT2D eigenvalue weighted by atomic mass is 35.5. The van der Waals surface area contributed by atoms with Crippen LogP contribution in [0.4, 0.5) is 15.8 Å². The second-order valence-corrected chi connectivity index (χ2v) is 13.9. The fourth-order valence-corrected chi connectivity index (χ4v) is 7.60. The Hall–Kier alpha value is -2.41. The topological polar surface area (TPSA) is 122 Å². The molecule has 2 heterocycles. The van der Waals surface area contributed by atoms with E-state index in [2.05, 4.69) is 10.0 Å². The van der Waals surface area contributed by atoms with Gasteiger partial charge in [0.25, 0.3) is 10.0 Å². The van der Waals surface area contributed by atoms with Crippen LogP contribution in [-0.2, 0) is 30.3 Å². The van der Waals surface area contributed by atoms with Gasteiger partial charge in [0.2, 0.25) is 15.9 Å². The molecule has 1 spiro atoms. The molecule has 13 heteroatoms. The Morgan fingerprint density at radius 1 is 1.11 bits per heavy atom. The molecule has 37 heavy (non-hydrogen) atoms. The van der Waals surface area contributed by atoms with Crippen LogP contribution in [-0.4, -0.2) is 52.5 Å². The Balaban J connectivity index is 1.50. The van der Waals surface area contributed by atoms with E-state index < -0.39 is 36.2 Å². The lowest BCUT2D eigenvalue weighted by molar-refractivity contribution is -0.120. The molecule has 1 amide bonds. The van der Waals surface area contributed by atoms with Crippen LogP contribution < -0.4 is 14.8 Å². The third-order valence-electron chi connectivity index (χ3n) is 7.35. The van der Waals surface area contributed by atoms with Gasteiger partial charge < -0.3 is 10.1 Å². The molecule has 200 valence electrons.